The van der Waals surface area contributed by atoms with Crippen LogP contribution in [0.4, 0.5) is 0 Å². The Balaban J connectivity index is 1.74. The molecule has 1 saturated heterocycles. The van der Waals surface area contributed by atoms with Crippen molar-refractivity contribution < 1.29 is 4.79 Å². The molecule has 134 valence electrons. The second kappa shape index (κ2) is 7.29. The van der Waals surface area contributed by atoms with Gasteiger partial charge in [0, 0.05) is 34.9 Å². The number of hydrogen-bond donors (Lipinski definition) is 1. The Kier molecular flexibility index (Phi) is 4.88. The predicted molar refractivity (Wildman–Crippen MR) is 105 cm³/mol. The SMILES string of the molecule is O=C(c1[nH]c2ccc(Cl)cc2c1Cl)N1CCCCCC1c1ccncc1. The topological polar surface area (TPSA) is 49.0 Å². The minimum atomic E-state index is -0.0639. The summed E-state index contributed by atoms with van der Waals surface area (Å²) in [6.07, 6.45) is 7.73. The molecule has 1 fully saturated rings. The molecule has 1 amide bonds. The molecule has 3 aromatic rings. The fourth-order valence-electron chi connectivity index (χ4n) is 3.71. The first kappa shape index (κ1) is 17.4. The average molecular weight is 388 g/mol. The fraction of sp³-hybridized carbons (Fsp3) is 0.300. The van der Waals surface area contributed by atoms with Crippen molar-refractivity contribution in [1.29, 1.82) is 0 Å². The van der Waals surface area contributed by atoms with E-state index in [0.717, 1.165) is 48.7 Å². The number of halogens is 2. The number of aromatic nitrogens is 2. The second-order valence-electron chi connectivity index (χ2n) is 6.65. The number of nitrogens with zero attached hydrogens (tertiary/aromatic N) is 2. The Bertz CT molecular complexity index is 939. The largest absolute Gasteiger partial charge is 0.349 e. The molecular weight excluding hydrogens is 369 g/mol. The molecule has 0 radical (unpaired) electrons. The van der Waals surface area contributed by atoms with Gasteiger partial charge in [0.2, 0.25) is 0 Å². The number of amides is 1. The number of fused-ring (bicyclic) bond motifs is 1. The van der Waals surface area contributed by atoms with E-state index < -0.39 is 0 Å². The van der Waals surface area contributed by atoms with Crippen LogP contribution in [0.1, 0.15) is 47.8 Å². The van der Waals surface area contributed by atoms with Gasteiger partial charge in [-0.15, -0.1) is 0 Å². The van der Waals surface area contributed by atoms with Crippen LogP contribution in [0.3, 0.4) is 0 Å². The Morgan fingerprint density at radius 3 is 2.73 bits per heavy atom. The third kappa shape index (κ3) is 3.19. The van der Waals surface area contributed by atoms with Crippen LogP contribution >= 0.6 is 23.2 Å². The van der Waals surface area contributed by atoms with Crippen molar-refractivity contribution in [2.45, 2.75) is 31.7 Å². The van der Waals surface area contributed by atoms with Gasteiger partial charge < -0.3 is 9.88 Å². The predicted octanol–water partition coefficient (Wildman–Crippen LogP) is 5.63. The summed E-state index contributed by atoms with van der Waals surface area (Å²) < 4.78 is 0. The third-order valence-electron chi connectivity index (χ3n) is 5.02. The van der Waals surface area contributed by atoms with Crippen molar-refractivity contribution in [2.24, 2.45) is 0 Å². The molecule has 1 aliphatic rings. The van der Waals surface area contributed by atoms with Gasteiger partial charge in [0.25, 0.3) is 5.91 Å². The maximum absolute atomic E-state index is 13.4. The third-order valence-corrected chi connectivity index (χ3v) is 5.64. The van der Waals surface area contributed by atoms with E-state index in [1.807, 2.05) is 23.1 Å². The van der Waals surface area contributed by atoms with Crippen LogP contribution in [0.2, 0.25) is 10.0 Å². The van der Waals surface area contributed by atoms with Crippen molar-refractivity contribution in [3.8, 4) is 0 Å². The molecule has 0 aliphatic carbocycles. The highest BCUT2D eigenvalue weighted by Crippen LogP contribution is 2.35. The monoisotopic (exact) mass is 387 g/mol. The van der Waals surface area contributed by atoms with Crippen LogP contribution in [-0.4, -0.2) is 27.3 Å². The molecule has 0 saturated carbocycles. The summed E-state index contributed by atoms with van der Waals surface area (Å²) in [5.41, 5.74) is 2.37. The second-order valence-corrected chi connectivity index (χ2v) is 7.46. The first-order valence-corrected chi connectivity index (χ1v) is 9.58. The van der Waals surface area contributed by atoms with Crippen molar-refractivity contribution >= 4 is 40.0 Å². The van der Waals surface area contributed by atoms with Crippen molar-refractivity contribution in [2.75, 3.05) is 6.54 Å². The lowest BCUT2D eigenvalue weighted by molar-refractivity contribution is 0.0676. The Labute approximate surface area is 162 Å². The standard InChI is InChI=1S/C20H19Cl2N3O/c21-14-5-6-16-15(12-14)18(22)19(24-16)20(26)25-11-3-1-2-4-17(25)13-7-9-23-10-8-13/h5-10,12,17,24H,1-4,11H2. The number of hydrogen-bond acceptors (Lipinski definition) is 2. The zero-order chi connectivity index (χ0) is 18.1. The lowest BCUT2D eigenvalue weighted by atomic mass is 10.0. The molecule has 4 rings (SSSR count). The van der Waals surface area contributed by atoms with Gasteiger partial charge in [-0.3, -0.25) is 9.78 Å². The van der Waals surface area contributed by atoms with Crippen LogP contribution in [-0.2, 0) is 0 Å². The Morgan fingerprint density at radius 2 is 1.92 bits per heavy atom. The first-order chi connectivity index (χ1) is 12.6. The summed E-state index contributed by atoms with van der Waals surface area (Å²) in [4.78, 5) is 22.6. The minimum absolute atomic E-state index is 0.0408. The number of likely N-dealkylation sites (tertiary alicyclic amines) is 1. The van der Waals surface area contributed by atoms with Gasteiger partial charge in [0.15, 0.2) is 0 Å². The average Bonchev–Trinajstić information content (AvgIpc) is 2.85. The molecule has 1 aliphatic heterocycles. The lowest BCUT2D eigenvalue weighted by Gasteiger charge is -2.30. The van der Waals surface area contributed by atoms with Gasteiger partial charge >= 0.3 is 0 Å². The number of carbonyl (C=O) groups is 1. The van der Waals surface area contributed by atoms with Gasteiger partial charge in [0.05, 0.1) is 11.1 Å². The van der Waals surface area contributed by atoms with E-state index in [1.165, 1.54) is 0 Å². The quantitative estimate of drug-likeness (QED) is 0.619. The number of benzene rings is 1. The zero-order valence-corrected chi connectivity index (χ0v) is 15.7. The van der Waals surface area contributed by atoms with Crippen LogP contribution in [0.15, 0.2) is 42.7 Å². The van der Waals surface area contributed by atoms with Crippen molar-refractivity contribution in [3.05, 3.63) is 64.0 Å². The van der Waals surface area contributed by atoms with E-state index in [0.29, 0.717) is 15.7 Å². The highest BCUT2D eigenvalue weighted by atomic mass is 35.5. The van der Waals surface area contributed by atoms with Gasteiger partial charge in [-0.2, -0.15) is 0 Å². The molecule has 1 unspecified atom stereocenters. The highest BCUT2D eigenvalue weighted by molar-refractivity contribution is 6.39. The van der Waals surface area contributed by atoms with Crippen LogP contribution in [0.25, 0.3) is 10.9 Å². The van der Waals surface area contributed by atoms with Crippen LogP contribution in [0, 0.1) is 0 Å². The maximum atomic E-state index is 13.4. The number of pyridine rings is 1. The van der Waals surface area contributed by atoms with Crippen molar-refractivity contribution in [3.63, 3.8) is 0 Å². The van der Waals surface area contributed by atoms with E-state index in [2.05, 4.69) is 9.97 Å². The molecule has 0 spiro atoms. The normalized spacial score (nSPS) is 18.1. The molecule has 1 N–H and O–H groups in total. The first-order valence-electron chi connectivity index (χ1n) is 8.83. The summed E-state index contributed by atoms with van der Waals surface area (Å²) in [5.74, 6) is -0.0639. The maximum Gasteiger partial charge on any atom is 0.272 e. The molecular formula is C20H19Cl2N3O. The van der Waals surface area contributed by atoms with Crippen molar-refractivity contribution in [1.82, 2.24) is 14.9 Å². The van der Waals surface area contributed by atoms with Gasteiger partial charge in [0.1, 0.15) is 5.69 Å². The van der Waals surface area contributed by atoms with E-state index >= 15 is 0 Å². The summed E-state index contributed by atoms with van der Waals surface area (Å²) in [7, 11) is 0. The number of H-pyrrole nitrogens is 1. The molecule has 6 heteroatoms. The van der Waals surface area contributed by atoms with Crippen LogP contribution in [0.5, 0.6) is 0 Å². The molecule has 4 nitrogen and oxygen atoms in total. The summed E-state index contributed by atoms with van der Waals surface area (Å²) in [6, 6.07) is 9.44. The minimum Gasteiger partial charge on any atom is -0.349 e. The summed E-state index contributed by atoms with van der Waals surface area (Å²) >= 11 is 12.6. The van der Waals surface area contributed by atoms with Crippen LogP contribution < -0.4 is 0 Å². The molecule has 26 heavy (non-hydrogen) atoms. The summed E-state index contributed by atoms with van der Waals surface area (Å²) in [5, 5.41) is 1.81. The highest BCUT2D eigenvalue weighted by Gasteiger charge is 2.30. The fourth-order valence-corrected chi connectivity index (χ4v) is 4.16. The van der Waals surface area contributed by atoms with E-state index in [-0.39, 0.29) is 11.9 Å². The molecule has 3 heterocycles. The molecule has 1 atom stereocenters. The smallest absolute Gasteiger partial charge is 0.272 e. The van der Waals surface area contributed by atoms with E-state index in [9.17, 15) is 4.79 Å². The van der Waals surface area contributed by atoms with Gasteiger partial charge in [-0.25, -0.2) is 0 Å². The zero-order valence-electron chi connectivity index (χ0n) is 14.2. The Hall–Kier alpha value is -2.04. The molecule has 2 aromatic heterocycles. The van der Waals surface area contributed by atoms with E-state index in [1.54, 1.807) is 24.5 Å². The number of nitrogens with one attached hydrogen (secondary N) is 1. The lowest BCUT2D eigenvalue weighted by Crippen LogP contribution is -2.35. The van der Waals surface area contributed by atoms with Gasteiger partial charge in [-0.1, -0.05) is 36.0 Å². The number of rotatable bonds is 2. The Morgan fingerprint density at radius 1 is 1.12 bits per heavy atom. The summed E-state index contributed by atoms with van der Waals surface area (Å²) in [6.45, 7) is 0.721. The molecule has 1 aromatic carbocycles. The van der Waals surface area contributed by atoms with Gasteiger partial charge in [-0.05, 0) is 48.7 Å². The number of carbonyl (C=O) groups excluding carboxylic acids is 1. The number of aromatic amines is 1. The van der Waals surface area contributed by atoms with E-state index in [4.69, 9.17) is 23.2 Å². The molecule has 0 bridgehead atoms.